The third-order valence-corrected chi connectivity index (χ3v) is 9.41. The van der Waals surface area contributed by atoms with Crippen molar-refractivity contribution in [1.29, 1.82) is 0 Å². The quantitative estimate of drug-likeness (QED) is 0.482. The van der Waals surface area contributed by atoms with Gasteiger partial charge in [0.25, 0.3) is 0 Å². The van der Waals surface area contributed by atoms with Crippen molar-refractivity contribution in [3.8, 4) is 0 Å². The summed E-state index contributed by atoms with van der Waals surface area (Å²) in [7, 11) is 0. The van der Waals surface area contributed by atoms with Crippen LogP contribution in [0.1, 0.15) is 111 Å². The lowest BCUT2D eigenvalue weighted by atomic mass is 9.47. The molecule has 0 aliphatic heterocycles. The molecule has 0 unspecified atom stereocenters. The smallest absolute Gasteiger partial charge is 0.303 e. The minimum absolute atomic E-state index is 0.0823. The minimum atomic E-state index is -0.670. The van der Waals surface area contributed by atoms with Crippen LogP contribution >= 0.6 is 0 Å². The number of aliphatic hydroxyl groups is 1. The second-order valence-corrected chi connectivity index (χ2v) is 11.2. The zero-order valence-electron chi connectivity index (χ0n) is 20.0. The number of carboxylic acids is 1. The van der Waals surface area contributed by atoms with E-state index in [1.165, 1.54) is 50.5 Å². The predicted octanol–water partition coefficient (Wildman–Crippen LogP) is 6.31. The van der Waals surface area contributed by atoms with E-state index < -0.39 is 5.97 Å². The van der Waals surface area contributed by atoms with E-state index in [2.05, 4.69) is 20.8 Å². The SMILES string of the molecule is CCCCCCCC(=O)O.C[C@]12CC[C@H]3[C@@H](CCC4=CC(=O)CC[C@@]43C)[C@@H]1CC[C@@H]2O. The molecule has 176 valence electrons. The number of aliphatic hydroxyl groups excluding tert-OH is 1. The standard InChI is InChI=1S/C19H28O2.C8H16O2/c1-18-9-7-13(20)11-12(18)3-4-14-15-5-6-17(21)19(15,2)10-8-16(14)18;1-2-3-4-5-6-7-8(9)10/h11,14-17,21H,3-10H2,1-2H3;2-7H2,1H3,(H,9,10)/t14-,15-,16-,17-,18-,19-;/m0./s1. The van der Waals surface area contributed by atoms with Crippen molar-refractivity contribution in [3.05, 3.63) is 11.6 Å². The van der Waals surface area contributed by atoms with Crippen LogP contribution < -0.4 is 0 Å². The highest BCUT2D eigenvalue weighted by atomic mass is 16.4. The van der Waals surface area contributed by atoms with E-state index in [4.69, 9.17) is 5.11 Å². The molecule has 0 bridgehead atoms. The second kappa shape index (κ2) is 10.2. The zero-order chi connectivity index (χ0) is 22.6. The average molecular weight is 433 g/mol. The van der Waals surface area contributed by atoms with Gasteiger partial charge in [0.2, 0.25) is 0 Å². The lowest BCUT2D eigenvalue weighted by molar-refractivity contribution is -0.137. The van der Waals surface area contributed by atoms with Crippen molar-refractivity contribution in [2.75, 3.05) is 0 Å². The van der Waals surface area contributed by atoms with Gasteiger partial charge in [-0.25, -0.2) is 0 Å². The molecule has 0 saturated heterocycles. The molecule has 4 heteroatoms. The number of allylic oxidation sites excluding steroid dienone is 1. The van der Waals surface area contributed by atoms with E-state index in [1.807, 2.05) is 6.08 Å². The van der Waals surface area contributed by atoms with Crippen molar-refractivity contribution >= 4 is 11.8 Å². The number of fused-ring (bicyclic) bond motifs is 5. The first kappa shape index (κ1) is 24.5. The molecule has 0 spiro atoms. The number of aliphatic carboxylic acids is 1. The Balaban J connectivity index is 0.000000233. The number of carbonyl (C=O) groups excluding carboxylic acids is 1. The maximum absolute atomic E-state index is 11.8. The Bertz CT molecular complexity index is 683. The van der Waals surface area contributed by atoms with Crippen LogP contribution in [0.2, 0.25) is 0 Å². The van der Waals surface area contributed by atoms with Crippen molar-refractivity contribution in [2.45, 2.75) is 117 Å². The molecule has 4 rings (SSSR count). The lowest BCUT2D eigenvalue weighted by Gasteiger charge is -2.57. The first-order chi connectivity index (χ1) is 14.7. The summed E-state index contributed by atoms with van der Waals surface area (Å²) in [5.41, 5.74) is 1.89. The Kier molecular flexibility index (Phi) is 8.05. The summed E-state index contributed by atoms with van der Waals surface area (Å²) in [5, 5.41) is 18.7. The number of carbonyl (C=O) groups is 2. The summed E-state index contributed by atoms with van der Waals surface area (Å²) in [4.78, 5) is 21.8. The number of carboxylic acid groups (broad SMARTS) is 1. The minimum Gasteiger partial charge on any atom is -0.481 e. The van der Waals surface area contributed by atoms with Crippen LogP contribution in [0.15, 0.2) is 11.6 Å². The van der Waals surface area contributed by atoms with Gasteiger partial charge < -0.3 is 10.2 Å². The normalized spacial score (nSPS) is 38.8. The van der Waals surface area contributed by atoms with E-state index in [1.54, 1.807) is 0 Å². The summed E-state index contributed by atoms with van der Waals surface area (Å²) in [6.07, 6.45) is 16.6. The molecule has 4 aliphatic carbocycles. The molecule has 0 aromatic rings. The molecule has 0 heterocycles. The maximum atomic E-state index is 11.8. The van der Waals surface area contributed by atoms with Gasteiger partial charge in [-0.05, 0) is 86.0 Å². The molecule has 31 heavy (non-hydrogen) atoms. The molecule has 6 atom stereocenters. The van der Waals surface area contributed by atoms with Crippen LogP contribution in [-0.2, 0) is 9.59 Å². The molecule has 0 aromatic heterocycles. The number of rotatable bonds is 6. The van der Waals surface area contributed by atoms with Gasteiger partial charge in [-0.2, -0.15) is 0 Å². The fourth-order valence-electron chi connectivity index (χ4n) is 7.41. The van der Waals surface area contributed by atoms with Crippen LogP contribution in [0.25, 0.3) is 0 Å². The second-order valence-electron chi connectivity index (χ2n) is 11.2. The third kappa shape index (κ3) is 5.10. The highest BCUT2D eigenvalue weighted by Gasteiger charge is 2.58. The fourth-order valence-corrected chi connectivity index (χ4v) is 7.41. The Hall–Kier alpha value is -1.16. The first-order valence-corrected chi connectivity index (χ1v) is 12.9. The fraction of sp³-hybridized carbons (Fsp3) is 0.852. The number of hydrogen-bond acceptors (Lipinski definition) is 3. The van der Waals surface area contributed by atoms with Gasteiger partial charge in [-0.3, -0.25) is 9.59 Å². The predicted molar refractivity (Wildman–Crippen MR) is 124 cm³/mol. The van der Waals surface area contributed by atoms with Gasteiger partial charge in [0.05, 0.1) is 6.10 Å². The van der Waals surface area contributed by atoms with Gasteiger partial charge in [-0.1, -0.05) is 52.0 Å². The Labute approximate surface area is 188 Å². The average Bonchev–Trinajstić information content (AvgIpc) is 3.03. The topological polar surface area (TPSA) is 74.6 Å². The lowest BCUT2D eigenvalue weighted by Crippen LogP contribution is -2.51. The number of unbranched alkanes of at least 4 members (excludes halogenated alkanes) is 4. The molecular weight excluding hydrogens is 388 g/mol. The Morgan fingerprint density at radius 3 is 2.45 bits per heavy atom. The van der Waals surface area contributed by atoms with Crippen molar-refractivity contribution in [2.24, 2.45) is 28.6 Å². The molecule has 0 amide bonds. The van der Waals surface area contributed by atoms with E-state index in [0.29, 0.717) is 18.1 Å². The molecular formula is C27H44O4. The zero-order valence-corrected chi connectivity index (χ0v) is 20.0. The molecule has 0 radical (unpaired) electrons. The summed E-state index contributed by atoms with van der Waals surface area (Å²) in [5.74, 6) is 1.90. The van der Waals surface area contributed by atoms with Crippen LogP contribution in [0.5, 0.6) is 0 Å². The van der Waals surface area contributed by atoms with Gasteiger partial charge in [0, 0.05) is 12.8 Å². The summed E-state index contributed by atoms with van der Waals surface area (Å²) < 4.78 is 0. The van der Waals surface area contributed by atoms with E-state index in [0.717, 1.165) is 50.4 Å². The van der Waals surface area contributed by atoms with E-state index in [9.17, 15) is 14.7 Å². The summed E-state index contributed by atoms with van der Waals surface area (Å²) >= 11 is 0. The van der Waals surface area contributed by atoms with E-state index >= 15 is 0 Å². The third-order valence-electron chi connectivity index (χ3n) is 9.41. The molecule has 0 aromatic carbocycles. The van der Waals surface area contributed by atoms with Gasteiger partial charge in [-0.15, -0.1) is 0 Å². The molecule has 3 saturated carbocycles. The highest BCUT2D eigenvalue weighted by molar-refractivity contribution is 5.91. The highest BCUT2D eigenvalue weighted by Crippen LogP contribution is 2.65. The largest absolute Gasteiger partial charge is 0.481 e. The summed E-state index contributed by atoms with van der Waals surface area (Å²) in [6, 6.07) is 0. The Morgan fingerprint density at radius 1 is 1.00 bits per heavy atom. The monoisotopic (exact) mass is 432 g/mol. The van der Waals surface area contributed by atoms with E-state index in [-0.39, 0.29) is 16.9 Å². The van der Waals surface area contributed by atoms with Crippen molar-refractivity contribution in [1.82, 2.24) is 0 Å². The van der Waals surface area contributed by atoms with Gasteiger partial charge >= 0.3 is 5.97 Å². The molecule has 4 aliphatic rings. The molecule has 2 N–H and O–H groups in total. The van der Waals surface area contributed by atoms with Crippen molar-refractivity contribution in [3.63, 3.8) is 0 Å². The van der Waals surface area contributed by atoms with Gasteiger partial charge in [0.1, 0.15) is 0 Å². The van der Waals surface area contributed by atoms with Crippen LogP contribution in [0.4, 0.5) is 0 Å². The summed E-state index contributed by atoms with van der Waals surface area (Å²) in [6.45, 7) is 6.91. The van der Waals surface area contributed by atoms with Crippen LogP contribution in [0.3, 0.4) is 0 Å². The maximum Gasteiger partial charge on any atom is 0.303 e. The van der Waals surface area contributed by atoms with Gasteiger partial charge in [0.15, 0.2) is 5.78 Å². The van der Waals surface area contributed by atoms with Crippen molar-refractivity contribution < 1.29 is 19.8 Å². The molecule has 3 fully saturated rings. The number of ketones is 1. The first-order valence-electron chi connectivity index (χ1n) is 12.9. The van der Waals surface area contributed by atoms with Crippen LogP contribution in [-0.4, -0.2) is 28.1 Å². The Morgan fingerprint density at radius 2 is 1.74 bits per heavy atom. The van der Waals surface area contributed by atoms with Crippen LogP contribution in [0, 0.1) is 28.6 Å². The molecule has 4 nitrogen and oxygen atoms in total. The number of hydrogen-bond donors (Lipinski definition) is 2.